The molecule has 0 aliphatic heterocycles. The molecular weight excluding hydrogens is 296 g/mol. The molecule has 0 radical (unpaired) electrons. The van der Waals surface area contributed by atoms with Crippen molar-refractivity contribution < 1.29 is 4.79 Å². The second-order valence-electron chi connectivity index (χ2n) is 5.56. The lowest BCUT2D eigenvalue weighted by Crippen LogP contribution is -2.22. The van der Waals surface area contributed by atoms with Crippen LogP contribution in [0.1, 0.15) is 30.9 Å². The molecule has 0 heterocycles. The highest BCUT2D eigenvalue weighted by Crippen LogP contribution is 2.24. The van der Waals surface area contributed by atoms with Gasteiger partial charge in [-0.15, -0.1) is 0 Å². The van der Waals surface area contributed by atoms with Crippen molar-refractivity contribution in [2.75, 3.05) is 17.2 Å². The number of hydrogen-bond acceptors (Lipinski definition) is 2. The summed E-state index contributed by atoms with van der Waals surface area (Å²) in [4.78, 5) is 12.1. The zero-order chi connectivity index (χ0) is 16.1. The smallest absolute Gasteiger partial charge is 0.243 e. The molecule has 3 nitrogen and oxygen atoms in total. The van der Waals surface area contributed by atoms with E-state index >= 15 is 0 Å². The van der Waals surface area contributed by atoms with Gasteiger partial charge < -0.3 is 10.6 Å². The van der Waals surface area contributed by atoms with Crippen molar-refractivity contribution in [3.63, 3.8) is 0 Å². The lowest BCUT2D eigenvalue weighted by atomic mass is 10.0. The van der Waals surface area contributed by atoms with E-state index in [0.717, 1.165) is 16.9 Å². The number of amides is 1. The Morgan fingerprint density at radius 3 is 2.50 bits per heavy atom. The van der Waals surface area contributed by atoms with Crippen LogP contribution in [-0.2, 0) is 4.79 Å². The molecule has 0 atom stereocenters. The minimum absolute atomic E-state index is 0.0936. The van der Waals surface area contributed by atoms with Crippen molar-refractivity contribution in [1.82, 2.24) is 0 Å². The van der Waals surface area contributed by atoms with Crippen LogP contribution in [0.15, 0.2) is 42.5 Å². The summed E-state index contributed by atoms with van der Waals surface area (Å²) in [6, 6.07) is 13.5. The highest BCUT2D eigenvalue weighted by Gasteiger charge is 2.09. The fourth-order valence-electron chi connectivity index (χ4n) is 2.27. The maximum atomic E-state index is 12.1. The zero-order valence-electron chi connectivity index (χ0n) is 13.1. The minimum Gasteiger partial charge on any atom is -0.376 e. The summed E-state index contributed by atoms with van der Waals surface area (Å²) >= 11 is 6.06. The van der Waals surface area contributed by atoms with Crippen molar-refractivity contribution in [1.29, 1.82) is 0 Å². The van der Waals surface area contributed by atoms with Crippen LogP contribution in [0.25, 0.3) is 0 Å². The highest BCUT2D eigenvalue weighted by molar-refractivity contribution is 6.31. The quantitative estimate of drug-likeness (QED) is 0.830. The first-order valence-corrected chi connectivity index (χ1v) is 7.74. The second-order valence-corrected chi connectivity index (χ2v) is 5.96. The lowest BCUT2D eigenvalue weighted by Gasteiger charge is -2.15. The molecule has 0 aliphatic carbocycles. The van der Waals surface area contributed by atoms with Gasteiger partial charge in [-0.05, 0) is 42.2 Å². The van der Waals surface area contributed by atoms with E-state index in [-0.39, 0.29) is 12.5 Å². The summed E-state index contributed by atoms with van der Waals surface area (Å²) in [6.07, 6.45) is 0. The number of hydrogen-bond donors (Lipinski definition) is 2. The number of para-hydroxylation sites is 1. The van der Waals surface area contributed by atoms with E-state index in [9.17, 15) is 4.79 Å². The van der Waals surface area contributed by atoms with E-state index in [1.54, 1.807) is 0 Å². The monoisotopic (exact) mass is 316 g/mol. The summed E-state index contributed by atoms with van der Waals surface area (Å²) in [5.41, 5.74) is 3.82. The summed E-state index contributed by atoms with van der Waals surface area (Å²) in [5.74, 6) is 0.311. The molecule has 0 aromatic heterocycles. The molecule has 0 fully saturated rings. The van der Waals surface area contributed by atoms with E-state index in [1.165, 1.54) is 5.56 Å². The predicted molar refractivity (Wildman–Crippen MR) is 93.8 cm³/mol. The molecule has 2 aromatic rings. The van der Waals surface area contributed by atoms with E-state index in [0.29, 0.717) is 10.9 Å². The third-order valence-electron chi connectivity index (χ3n) is 3.56. The fraction of sp³-hybridized carbons (Fsp3) is 0.278. The normalized spacial score (nSPS) is 10.6. The molecular formula is C18H21ClN2O. The van der Waals surface area contributed by atoms with Crippen molar-refractivity contribution in [2.24, 2.45) is 0 Å². The Balaban J connectivity index is 2.00. The molecule has 116 valence electrons. The van der Waals surface area contributed by atoms with Gasteiger partial charge in [0.25, 0.3) is 0 Å². The number of benzene rings is 2. The van der Waals surface area contributed by atoms with Gasteiger partial charge in [0.2, 0.25) is 5.91 Å². The maximum absolute atomic E-state index is 12.1. The van der Waals surface area contributed by atoms with Crippen LogP contribution in [0, 0.1) is 6.92 Å². The predicted octanol–water partition coefficient (Wildman–Crippen LogP) is 4.82. The molecule has 1 amide bonds. The summed E-state index contributed by atoms with van der Waals surface area (Å²) in [7, 11) is 0. The number of anilines is 2. The Labute approximate surface area is 136 Å². The molecule has 4 heteroatoms. The maximum Gasteiger partial charge on any atom is 0.243 e. The molecule has 0 aliphatic rings. The SMILES string of the molecule is Cc1c(Cl)cccc1NC(=O)CNc1ccccc1C(C)C. The van der Waals surface area contributed by atoms with Crippen molar-refractivity contribution >= 4 is 28.9 Å². The Hall–Kier alpha value is -2.00. The van der Waals surface area contributed by atoms with Crippen LogP contribution in [0.2, 0.25) is 5.02 Å². The van der Waals surface area contributed by atoms with E-state index < -0.39 is 0 Å². The first-order chi connectivity index (χ1) is 10.5. The first-order valence-electron chi connectivity index (χ1n) is 7.36. The number of carbonyl (C=O) groups excluding carboxylic acids is 1. The van der Waals surface area contributed by atoms with Gasteiger partial charge in [-0.2, -0.15) is 0 Å². The lowest BCUT2D eigenvalue weighted by molar-refractivity contribution is -0.114. The van der Waals surface area contributed by atoms with Crippen molar-refractivity contribution in [3.05, 3.63) is 58.6 Å². The summed E-state index contributed by atoms with van der Waals surface area (Å²) in [6.45, 7) is 6.38. The minimum atomic E-state index is -0.0936. The van der Waals surface area contributed by atoms with Gasteiger partial charge in [0, 0.05) is 16.4 Å². The summed E-state index contributed by atoms with van der Waals surface area (Å²) in [5, 5.41) is 6.74. The van der Waals surface area contributed by atoms with Gasteiger partial charge in [0.15, 0.2) is 0 Å². The average Bonchev–Trinajstić information content (AvgIpc) is 2.50. The Morgan fingerprint density at radius 2 is 1.77 bits per heavy atom. The van der Waals surface area contributed by atoms with Crippen LogP contribution < -0.4 is 10.6 Å². The zero-order valence-corrected chi connectivity index (χ0v) is 13.9. The van der Waals surface area contributed by atoms with Gasteiger partial charge in [-0.3, -0.25) is 4.79 Å². The third-order valence-corrected chi connectivity index (χ3v) is 3.97. The van der Waals surface area contributed by atoms with Crippen LogP contribution >= 0.6 is 11.6 Å². The molecule has 2 N–H and O–H groups in total. The molecule has 2 rings (SSSR count). The second kappa shape index (κ2) is 7.32. The highest BCUT2D eigenvalue weighted by atomic mass is 35.5. The van der Waals surface area contributed by atoms with Crippen LogP contribution in [0.3, 0.4) is 0 Å². The van der Waals surface area contributed by atoms with E-state index in [4.69, 9.17) is 11.6 Å². The van der Waals surface area contributed by atoms with Crippen LogP contribution in [0.5, 0.6) is 0 Å². The van der Waals surface area contributed by atoms with Gasteiger partial charge in [-0.1, -0.05) is 49.7 Å². The molecule has 0 saturated heterocycles. The average molecular weight is 317 g/mol. The number of halogens is 1. The number of nitrogens with one attached hydrogen (secondary N) is 2. The molecule has 0 saturated carbocycles. The Morgan fingerprint density at radius 1 is 1.09 bits per heavy atom. The molecule has 0 spiro atoms. The van der Waals surface area contributed by atoms with Gasteiger partial charge in [0.1, 0.15) is 0 Å². The third kappa shape index (κ3) is 4.01. The molecule has 2 aromatic carbocycles. The van der Waals surface area contributed by atoms with E-state index in [1.807, 2.05) is 43.3 Å². The Bertz CT molecular complexity index is 668. The standard InChI is InChI=1S/C18H21ClN2O/c1-12(2)14-7-4-5-9-17(14)20-11-18(22)21-16-10-6-8-15(19)13(16)3/h4-10,12,20H,11H2,1-3H3,(H,21,22). The van der Waals surface area contributed by atoms with Crippen molar-refractivity contribution in [3.8, 4) is 0 Å². The van der Waals surface area contributed by atoms with Crippen LogP contribution in [-0.4, -0.2) is 12.5 Å². The van der Waals surface area contributed by atoms with Crippen molar-refractivity contribution in [2.45, 2.75) is 26.7 Å². The van der Waals surface area contributed by atoms with Gasteiger partial charge in [0.05, 0.1) is 6.54 Å². The summed E-state index contributed by atoms with van der Waals surface area (Å²) < 4.78 is 0. The first kappa shape index (κ1) is 16.4. The topological polar surface area (TPSA) is 41.1 Å². The van der Waals surface area contributed by atoms with Gasteiger partial charge in [-0.25, -0.2) is 0 Å². The Kier molecular flexibility index (Phi) is 5.45. The number of rotatable bonds is 5. The molecule has 22 heavy (non-hydrogen) atoms. The largest absolute Gasteiger partial charge is 0.376 e. The molecule has 0 unspecified atom stereocenters. The number of carbonyl (C=O) groups is 1. The van der Waals surface area contributed by atoms with Crippen LogP contribution in [0.4, 0.5) is 11.4 Å². The van der Waals surface area contributed by atoms with E-state index in [2.05, 4.69) is 30.5 Å². The van der Waals surface area contributed by atoms with Gasteiger partial charge >= 0.3 is 0 Å². The fourth-order valence-corrected chi connectivity index (χ4v) is 2.45. The molecule has 0 bridgehead atoms.